The fraction of sp³-hybridized carbons (Fsp3) is 0.500. The fourth-order valence-corrected chi connectivity index (χ4v) is 2.48. The number of para-hydroxylation sites is 1. The molecule has 114 valence electrons. The molecule has 5 heteroatoms. The van der Waals surface area contributed by atoms with Crippen LogP contribution >= 0.6 is 0 Å². The maximum absolute atomic E-state index is 12.6. The van der Waals surface area contributed by atoms with Gasteiger partial charge in [0.15, 0.2) is 0 Å². The third kappa shape index (κ3) is 3.17. The van der Waals surface area contributed by atoms with Gasteiger partial charge in [0.2, 0.25) is 0 Å². The van der Waals surface area contributed by atoms with Gasteiger partial charge in [-0.15, -0.1) is 0 Å². The summed E-state index contributed by atoms with van der Waals surface area (Å²) in [5, 5.41) is 9.25. The first-order valence-corrected chi connectivity index (χ1v) is 7.12. The van der Waals surface area contributed by atoms with Gasteiger partial charge < -0.3 is 14.7 Å². The molecule has 1 aliphatic rings. The van der Waals surface area contributed by atoms with Crippen molar-refractivity contribution in [1.29, 1.82) is 0 Å². The second-order valence-electron chi connectivity index (χ2n) is 6.01. The molecule has 0 radical (unpaired) electrons. The van der Waals surface area contributed by atoms with E-state index in [0.717, 1.165) is 0 Å². The smallest absolute Gasteiger partial charge is 0.311 e. The molecule has 1 atom stereocenters. The number of carbonyl (C=O) groups excluding carboxylic acids is 1. The van der Waals surface area contributed by atoms with Crippen molar-refractivity contribution in [3.8, 4) is 5.75 Å². The van der Waals surface area contributed by atoms with E-state index in [1.165, 1.54) is 0 Å². The van der Waals surface area contributed by atoms with Gasteiger partial charge in [0.05, 0.1) is 17.1 Å². The summed E-state index contributed by atoms with van der Waals surface area (Å²) in [6.45, 7) is 6.17. The highest BCUT2D eigenvalue weighted by Gasteiger charge is 2.42. The summed E-state index contributed by atoms with van der Waals surface area (Å²) in [5.74, 6) is -0.484. The van der Waals surface area contributed by atoms with Crippen molar-refractivity contribution in [3.63, 3.8) is 0 Å². The lowest BCUT2D eigenvalue weighted by Crippen LogP contribution is -2.35. The summed E-state index contributed by atoms with van der Waals surface area (Å²) in [5.41, 5.74) is -0.371. The molecular weight excluding hydrogens is 270 g/mol. The van der Waals surface area contributed by atoms with E-state index >= 15 is 0 Å². The predicted octanol–water partition coefficient (Wildman–Crippen LogP) is 2.41. The van der Waals surface area contributed by atoms with Crippen molar-refractivity contribution >= 4 is 11.9 Å². The normalized spacial score (nSPS) is 21.6. The first kappa shape index (κ1) is 15.4. The molecule has 1 aliphatic heterocycles. The van der Waals surface area contributed by atoms with Gasteiger partial charge in [0, 0.05) is 13.1 Å². The number of ether oxygens (including phenoxy) is 1. The maximum Gasteiger partial charge on any atom is 0.311 e. The van der Waals surface area contributed by atoms with Crippen LogP contribution in [0, 0.1) is 5.41 Å². The molecule has 21 heavy (non-hydrogen) atoms. The van der Waals surface area contributed by atoms with Gasteiger partial charge >= 0.3 is 5.97 Å². The molecule has 1 unspecified atom stereocenters. The molecule has 0 spiro atoms. The second kappa shape index (κ2) is 5.76. The number of aliphatic carboxylic acids is 1. The molecule has 0 aliphatic carbocycles. The Balaban J connectivity index is 2.20. The number of rotatable bonds is 4. The van der Waals surface area contributed by atoms with Crippen LogP contribution in [0.5, 0.6) is 5.75 Å². The first-order chi connectivity index (χ1) is 9.83. The lowest BCUT2D eigenvalue weighted by molar-refractivity contribution is -0.147. The third-order valence-electron chi connectivity index (χ3n) is 3.76. The third-order valence-corrected chi connectivity index (χ3v) is 3.76. The highest BCUT2D eigenvalue weighted by atomic mass is 16.5. The maximum atomic E-state index is 12.6. The zero-order chi connectivity index (χ0) is 15.6. The van der Waals surface area contributed by atoms with Crippen LogP contribution in [0.4, 0.5) is 0 Å². The van der Waals surface area contributed by atoms with Gasteiger partial charge in [-0.2, -0.15) is 0 Å². The van der Waals surface area contributed by atoms with Crippen LogP contribution in [0.2, 0.25) is 0 Å². The molecule has 0 aromatic heterocycles. The molecule has 1 fully saturated rings. The lowest BCUT2D eigenvalue weighted by atomic mass is 9.90. The summed E-state index contributed by atoms with van der Waals surface area (Å²) in [4.78, 5) is 25.5. The Morgan fingerprint density at radius 3 is 2.57 bits per heavy atom. The number of carbonyl (C=O) groups is 2. The van der Waals surface area contributed by atoms with E-state index in [0.29, 0.717) is 24.3 Å². The highest BCUT2D eigenvalue weighted by Crippen LogP contribution is 2.32. The Morgan fingerprint density at radius 2 is 2.00 bits per heavy atom. The quantitative estimate of drug-likeness (QED) is 0.925. The van der Waals surface area contributed by atoms with E-state index < -0.39 is 11.4 Å². The minimum Gasteiger partial charge on any atom is -0.490 e. The van der Waals surface area contributed by atoms with E-state index in [1.807, 2.05) is 19.9 Å². The van der Waals surface area contributed by atoms with Crippen molar-refractivity contribution in [1.82, 2.24) is 4.90 Å². The van der Waals surface area contributed by atoms with E-state index in [4.69, 9.17) is 4.74 Å². The minimum atomic E-state index is -0.858. The van der Waals surface area contributed by atoms with Crippen molar-refractivity contribution < 1.29 is 19.4 Å². The van der Waals surface area contributed by atoms with Gasteiger partial charge in [-0.05, 0) is 39.3 Å². The number of hydrogen-bond acceptors (Lipinski definition) is 3. The number of carboxylic acid groups (broad SMARTS) is 1. The molecule has 5 nitrogen and oxygen atoms in total. The monoisotopic (exact) mass is 291 g/mol. The molecule has 0 bridgehead atoms. The van der Waals surface area contributed by atoms with Crippen LogP contribution in [0.25, 0.3) is 0 Å². The average Bonchev–Trinajstić information content (AvgIpc) is 2.82. The van der Waals surface area contributed by atoms with Crippen molar-refractivity contribution in [2.45, 2.75) is 33.3 Å². The van der Waals surface area contributed by atoms with Crippen LogP contribution in [0.15, 0.2) is 24.3 Å². The Hall–Kier alpha value is -2.04. The van der Waals surface area contributed by atoms with Gasteiger partial charge in [0.1, 0.15) is 5.75 Å². The number of carboxylic acids is 1. The van der Waals surface area contributed by atoms with Crippen LogP contribution in [0.3, 0.4) is 0 Å². The summed E-state index contributed by atoms with van der Waals surface area (Å²) in [6.07, 6.45) is 0.447. The van der Waals surface area contributed by atoms with Crippen LogP contribution < -0.4 is 4.74 Å². The minimum absolute atomic E-state index is 0.0261. The highest BCUT2D eigenvalue weighted by molar-refractivity contribution is 5.97. The number of likely N-dealkylation sites (tertiary alicyclic amines) is 1. The Morgan fingerprint density at radius 1 is 1.33 bits per heavy atom. The Kier molecular flexibility index (Phi) is 4.21. The van der Waals surface area contributed by atoms with Crippen molar-refractivity contribution in [2.24, 2.45) is 5.41 Å². The standard InChI is InChI=1S/C16H21NO4/c1-11(2)21-13-7-5-4-6-12(13)14(18)17-9-8-16(3,10-17)15(19)20/h4-7,11H,8-10H2,1-3H3,(H,19,20). The summed E-state index contributed by atoms with van der Waals surface area (Å²) < 4.78 is 5.66. The molecular formula is C16H21NO4. The van der Waals surface area contributed by atoms with E-state index in [1.54, 1.807) is 30.0 Å². The average molecular weight is 291 g/mol. The number of hydrogen-bond donors (Lipinski definition) is 1. The first-order valence-electron chi connectivity index (χ1n) is 7.12. The van der Waals surface area contributed by atoms with Gasteiger partial charge in [0.25, 0.3) is 5.91 Å². The van der Waals surface area contributed by atoms with Gasteiger partial charge in [-0.25, -0.2) is 0 Å². The van der Waals surface area contributed by atoms with Crippen LogP contribution in [-0.4, -0.2) is 41.1 Å². The number of benzene rings is 1. The zero-order valence-electron chi connectivity index (χ0n) is 12.6. The summed E-state index contributed by atoms with van der Waals surface area (Å²) in [7, 11) is 0. The fourth-order valence-electron chi connectivity index (χ4n) is 2.48. The molecule has 1 heterocycles. The largest absolute Gasteiger partial charge is 0.490 e. The van der Waals surface area contributed by atoms with Crippen molar-refractivity contribution in [2.75, 3.05) is 13.1 Å². The number of amides is 1. The zero-order valence-corrected chi connectivity index (χ0v) is 12.6. The summed E-state index contributed by atoms with van der Waals surface area (Å²) in [6, 6.07) is 7.09. The molecule has 1 aromatic carbocycles. The Bertz CT molecular complexity index is 555. The van der Waals surface area contributed by atoms with Gasteiger partial charge in [-0.3, -0.25) is 9.59 Å². The topological polar surface area (TPSA) is 66.8 Å². The van der Waals surface area contributed by atoms with E-state index in [-0.39, 0.29) is 18.6 Å². The van der Waals surface area contributed by atoms with Crippen LogP contribution in [0.1, 0.15) is 37.6 Å². The molecule has 1 aromatic rings. The SMILES string of the molecule is CC(C)Oc1ccccc1C(=O)N1CCC(C)(C(=O)O)C1. The van der Waals surface area contributed by atoms with E-state index in [2.05, 4.69) is 0 Å². The molecule has 2 rings (SSSR count). The second-order valence-corrected chi connectivity index (χ2v) is 6.01. The molecule has 0 saturated carbocycles. The predicted molar refractivity (Wildman–Crippen MR) is 78.5 cm³/mol. The molecule has 1 saturated heterocycles. The summed E-state index contributed by atoms with van der Waals surface area (Å²) >= 11 is 0. The Labute approximate surface area is 124 Å². The van der Waals surface area contributed by atoms with Gasteiger partial charge in [-0.1, -0.05) is 12.1 Å². The van der Waals surface area contributed by atoms with E-state index in [9.17, 15) is 14.7 Å². The molecule has 1 N–H and O–H groups in total. The van der Waals surface area contributed by atoms with Crippen LogP contribution in [-0.2, 0) is 4.79 Å². The lowest BCUT2D eigenvalue weighted by Gasteiger charge is -2.21. The number of nitrogens with zero attached hydrogens (tertiary/aromatic N) is 1. The van der Waals surface area contributed by atoms with Crippen molar-refractivity contribution in [3.05, 3.63) is 29.8 Å². The molecule has 1 amide bonds.